The number of rotatable bonds is 8. The van der Waals surface area contributed by atoms with Crippen LogP contribution in [0.15, 0.2) is 72.3 Å². The molecule has 2 heterocycles. The first kappa shape index (κ1) is 34.4. The van der Waals surface area contributed by atoms with Crippen molar-refractivity contribution in [2.45, 2.75) is 70.4 Å². The van der Waals surface area contributed by atoms with Gasteiger partial charge in [0.25, 0.3) is 0 Å². The number of nitrogens with one attached hydrogen (secondary N) is 1. The Morgan fingerprint density at radius 3 is 2.65 bits per heavy atom. The molecule has 0 fully saturated rings. The number of allylic oxidation sites excluding steroid dienone is 1. The standard InChI is InChI=1S/C38H40N2O7S/c1-24-8-6-13-29(41)12-5-3-4-10-27-21-32(42)35(36(44)34(27)38(45)47-24)31(26-14-16-30(46-2)17-15-26)22-33(43)40-23-25-9-7-11-28(20-25)37-39-18-19-48-37/h4,7,9-11,14-21,24,31,42,44H,3,5-6,8,12-13,22-23H2,1-2H3,(H,40,43). The Kier molecular flexibility index (Phi) is 11.6. The van der Waals surface area contributed by atoms with Crippen LogP contribution < -0.4 is 10.1 Å². The molecule has 5 rings (SSSR count). The van der Waals surface area contributed by atoms with Crippen LogP contribution in [0.25, 0.3) is 16.6 Å². The molecule has 3 aromatic carbocycles. The lowest BCUT2D eigenvalue weighted by Gasteiger charge is -2.23. The van der Waals surface area contributed by atoms with Crippen LogP contribution in [0.2, 0.25) is 0 Å². The average molecular weight is 669 g/mol. The van der Waals surface area contributed by atoms with Crippen LogP contribution in [0.4, 0.5) is 0 Å². The van der Waals surface area contributed by atoms with E-state index in [1.807, 2.05) is 35.7 Å². The minimum absolute atomic E-state index is 0.0459. The number of nitrogens with zero attached hydrogens (tertiary/aromatic N) is 1. The Labute approximate surface area is 284 Å². The number of benzene rings is 3. The van der Waals surface area contributed by atoms with E-state index in [4.69, 9.17) is 9.47 Å². The Morgan fingerprint density at radius 1 is 1.10 bits per heavy atom. The molecule has 250 valence electrons. The van der Waals surface area contributed by atoms with Crippen molar-refractivity contribution >= 4 is 35.1 Å². The van der Waals surface area contributed by atoms with Crippen molar-refractivity contribution in [1.82, 2.24) is 10.3 Å². The molecule has 0 bridgehead atoms. The van der Waals surface area contributed by atoms with Crippen molar-refractivity contribution in [3.05, 3.63) is 100 Å². The number of hydrogen-bond acceptors (Lipinski definition) is 9. The van der Waals surface area contributed by atoms with Crippen LogP contribution in [-0.4, -0.2) is 46.1 Å². The number of methoxy groups -OCH3 is 1. The highest BCUT2D eigenvalue weighted by Gasteiger charge is 2.31. The van der Waals surface area contributed by atoms with Crippen LogP contribution in [-0.2, 0) is 20.9 Å². The summed E-state index contributed by atoms with van der Waals surface area (Å²) in [6, 6.07) is 16.2. The van der Waals surface area contributed by atoms with E-state index in [2.05, 4.69) is 10.3 Å². The molecule has 0 aliphatic carbocycles. The van der Waals surface area contributed by atoms with Crippen LogP contribution in [0.5, 0.6) is 17.2 Å². The molecule has 1 aliphatic rings. The molecular formula is C38H40N2O7S. The number of aromatic nitrogens is 1. The maximum atomic E-state index is 13.6. The number of phenolic OH excluding ortho intramolecular Hbond substituents is 2. The molecule has 2 unspecified atom stereocenters. The first-order valence-electron chi connectivity index (χ1n) is 16.1. The van der Waals surface area contributed by atoms with E-state index in [9.17, 15) is 24.6 Å². The monoisotopic (exact) mass is 668 g/mol. The number of amides is 1. The van der Waals surface area contributed by atoms with Crippen LogP contribution in [0.3, 0.4) is 0 Å². The fourth-order valence-corrected chi connectivity index (χ4v) is 6.52. The highest BCUT2D eigenvalue weighted by atomic mass is 32.1. The quantitative estimate of drug-likeness (QED) is 0.164. The summed E-state index contributed by atoms with van der Waals surface area (Å²) in [5.74, 6) is -1.82. The van der Waals surface area contributed by atoms with Crippen molar-refractivity contribution in [2.75, 3.05) is 7.11 Å². The molecule has 0 spiro atoms. The minimum atomic E-state index is -0.823. The molecule has 3 N–H and O–H groups in total. The van der Waals surface area contributed by atoms with Gasteiger partial charge >= 0.3 is 5.97 Å². The second-order valence-corrected chi connectivity index (χ2v) is 12.8. The van der Waals surface area contributed by atoms with E-state index >= 15 is 0 Å². The normalized spacial score (nSPS) is 16.3. The number of thiazole rings is 1. The summed E-state index contributed by atoms with van der Waals surface area (Å²) < 4.78 is 11.1. The fourth-order valence-electron chi connectivity index (χ4n) is 5.88. The van der Waals surface area contributed by atoms with Crippen LogP contribution in [0, 0.1) is 0 Å². The molecule has 1 amide bonds. The molecule has 0 saturated carbocycles. The molecule has 1 aromatic heterocycles. The summed E-state index contributed by atoms with van der Waals surface area (Å²) in [6.45, 7) is 2.01. The van der Waals surface area contributed by atoms with Crippen molar-refractivity contribution in [3.63, 3.8) is 0 Å². The average Bonchev–Trinajstić information content (AvgIpc) is 3.62. The first-order chi connectivity index (χ1) is 23.2. The zero-order chi connectivity index (χ0) is 34.0. The van der Waals surface area contributed by atoms with Crippen molar-refractivity contribution in [1.29, 1.82) is 0 Å². The Hall–Kier alpha value is -4.96. The third-order valence-corrected chi connectivity index (χ3v) is 9.23. The zero-order valence-corrected chi connectivity index (χ0v) is 27.9. The van der Waals surface area contributed by atoms with Crippen molar-refractivity contribution in [2.24, 2.45) is 0 Å². The third-order valence-electron chi connectivity index (χ3n) is 8.40. The maximum Gasteiger partial charge on any atom is 0.342 e. The van der Waals surface area contributed by atoms with E-state index in [0.717, 1.165) is 16.1 Å². The van der Waals surface area contributed by atoms with Gasteiger partial charge in [0.15, 0.2) is 0 Å². The molecular weight excluding hydrogens is 628 g/mol. The minimum Gasteiger partial charge on any atom is -0.507 e. The van der Waals surface area contributed by atoms with Gasteiger partial charge in [-0.05, 0) is 73.6 Å². The van der Waals surface area contributed by atoms with E-state index in [-0.39, 0.29) is 47.1 Å². The highest BCUT2D eigenvalue weighted by Crippen LogP contribution is 2.44. The smallest absolute Gasteiger partial charge is 0.342 e. The molecule has 0 radical (unpaired) electrons. The largest absolute Gasteiger partial charge is 0.507 e. The molecule has 48 heavy (non-hydrogen) atoms. The highest BCUT2D eigenvalue weighted by molar-refractivity contribution is 7.13. The second-order valence-electron chi connectivity index (χ2n) is 11.9. The van der Waals surface area contributed by atoms with Gasteiger partial charge in [0.05, 0.1) is 13.2 Å². The number of aromatic hydroxyl groups is 2. The molecule has 10 heteroatoms. The predicted octanol–water partition coefficient (Wildman–Crippen LogP) is 7.55. The van der Waals surface area contributed by atoms with E-state index < -0.39 is 23.7 Å². The van der Waals surface area contributed by atoms with Gasteiger partial charge < -0.3 is 25.0 Å². The maximum absolute atomic E-state index is 13.6. The van der Waals surface area contributed by atoms with Gasteiger partial charge in [-0.15, -0.1) is 11.3 Å². The van der Waals surface area contributed by atoms with E-state index in [1.54, 1.807) is 50.6 Å². The second kappa shape index (κ2) is 16.2. The zero-order valence-electron chi connectivity index (χ0n) is 27.1. The lowest BCUT2D eigenvalue weighted by molar-refractivity contribution is -0.121. The van der Waals surface area contributed by atoms with E-state index in [1.165, 1.54) is 17.4 Å². The molecule has 9 nitrogen and oxygen atoms in total. The third kappa shape index (κ3) is 8.68. The SMILES string of the molecule is COc1ccc(C(CC(=O)NCc2cccc(-c3nccs3)c2)c2c(O)cc3c(c2O)C(=O)OC(C)CCCC(=O)CCCC=C3)cc1. The van der Waals surface area contributed by atoms with Crippen LogP contribution >= 0.6 is 11.3 Å². The van der Waals surface area contributed by atoms with Gasteiger partial charge in [0.1, 0.15) is 33.6 Å². The lowest BCUT2D eigenvalue weighted by Crippen LogP contribution is -2.25. The number of fused-ring (bicyclic) bond motifs is 1. The molecule has 1 aliphatic heterocycles. The van der Waals surface area contributed by atoms with Crippen LogP contribution in [0.1, 0.15) is 90.4 Å². The Balaban J connectivity index is 1.48. The topological polar surface area (TPSA) is 135 Å². The lowest BCUT2D eigenvalue weighted by atomic mass is 9.84. The summed E-state index contributed by atoms with van der Waals surface area (Å²) in [5, 5.41) is 29.0. The molecule has 4 aromatic rings. The van der Waals surface area contributed by atoms with Gasteiger partial charge in [-0.2, -0.15) is 0 Å². The number of ether oxygens (including phenoxy) is 2. The van der Waals surface area contributed by atoms with E-state index in [0.29, 0.717) is 49.8 Å². The van der Waals surface area contributed by atoms with Gasteiger partial charge in [0.2, 0.25) is 5.91 Å². The number of carbonyl (C=O) groups excluding carboxylic acids is 3. The van der Waals surface area contributed by atoms with Gasteiger partial charge in [0, 0.05) is 54.4 Å². The number of cyclic esters (lactones) is 1. The first-order valence-corrected chi connectivity index (χ1v) is 17.0. The van der Waals surface area contributed by atoms with Gasteiger partial charge in [-0.3, -0.25) is 9.59 Å². The van der Waals surface area contributed by atoms with Gasteiger partial charge in [-0.25, -0.2) is 9.78 Å². The number of hydrogen-bond donors (Lipinski definition) is 3. The molecule has 2 atom stereocenters. The van der Waals surface area contributed by atoms with Gasteiger partial charge in [-0.1, -0.05) is 42.5 Å². The summed E-state index contributed by atoms with van der Waals surface area (Å²) in [7, 11) is 1.55. The summed E-state index contributed by atoms with van der Waals surface area (Å²) in [4.78, 5) is 43.7. The molecule has 0 saturated heterocycles. The fraction of sp³-hybridized carbons (Fsp3) is 0.316. The number of phenols is 2. The summed E-state index contributed by atoms with van der Waals surface area (Å²) in [5.41, 5.74) is 2.72. The number of esters is 1. The van der Waals surface area contributed by atoms with Crippen molar-refractivity contribution < 1.29 is 34.1 Å². The predicted molar refractivity (Wildman–Crippen MR) is 185 cm³/mol. The Bertz CT molecular complexity index is 1770. The summed E-state index contributed by atoms with van der Waals surface area (Å²) in [6.07, 6.45) is 7.79. The van der Waals surface area contributed by atoms with Crippen molar-refractivity contribution in [3.8, 4) is 27.8 Å². The summed E-state index contributed by atoms with van der Waals surface area (Å²) >= 11 is 1.53. The number of carbonyl (C=O) groups is 3. The number of Topliss-reactive ketones (excluding diaryl/α,β-unsaturated/α-hetero) is 1. The number of ketones is 1. The Morgan fingerprint density at radius 2 is 1.90 bits per heavy atom.